The van der Waals surface area contributed by atoms with E-state index in [4.69, 9.17) is 32.7 Å². The van der Waals surface area contributed by atoms with Crippen molar-refractivity contribution in [2.45, 2.75) is 47.9 Å². The third kappa shape index (κ3) is 6.44. The van der Waals surface area contributed by atoms with Gasteiger partial charge >= 0.3 is 0 Å². The SMILES string of the molecule is OC[C@H]1O[C@@H](Sc2ccc(Cl)c(Cl)c2)[C@H](O)[C@@H](n2cc(-c3cc(F)cc(COCc4cc[nH]n4)c3)nn2)[C@H]1O. The van der Waals surface area contributed by atoms with Crippen molar-refractivity contribution in [3.63, 3.8) is 0 Å². The highest BCUT2D eigenvalue weighted by atomic mass is 35.5. The average molecular weight is 596 g/mol. The van der Waals surface area contributed by atoms with Crippen molar-refractivity contribution in [2.24, 2.45) is 0 Å². The van der Waals surface area contributed by atoms with Crippen molar-refractivity contribution in [1.82, 2.24) is 25.2 Å². The summed E-state index contributed by atoms with van der Waals surface area (Å²) in [5, 5.41) is 47.6. The van der Waals surface area contributed by atoms with Gasteiger partial charge in [0.2, 0.25) is 0 Å². The predicted molar refractivity (Wildman–Crippen MR) is 142 cm³/mol. The fourth-order valence-corrected chi connectivity index (χ4v) is 5.71. The Balaban J connectivity index is 1.35. The van der Waals surface area contributed by atoms with E-state index >= 15 is 0 Å². The number of halogens is 3. The second kappa shape index (κ2) is 12.3. The number of ether oxygens (including phenoxy) is 2. The van der Waals surface area contributed by atoms with Gasteiger partial charge in [0.05, 0.1) is 41.8 Å². The van der Waals surface area contributed by atoms with Crippen LogP contribution in [0.3, 0.4) is 0 Å². The molecule has 5 atom stereocenters. The number of nitrogens with one attached hydrogen (secondary N) is 1. The quantitative estimate of drug-likeness (QED) is 0.228. The van der Waals surface area contributed by atoms with E-state index < -0.39 is 42.2 Å². The van der Waals surface area contributed by atoms with Gasteiger partial charge in [0, 0.05) is 16.7 Å². The zero-order valence-electron chi connectivity index (χ0n) is 20.2. The first-order valence-electron chi connectivity index (χ1n) is 11.8. The molecule has 10 nitrogen and oxygen atoms in total. The van der Waals surface area contributed by atoms with Gasteiger partial charge in [0.15, 0.2) is 0 Å². The number of rotatable bonds is 9. The van der Waals surface area contributed by atoms with Crippen LogP contribution in [0, 0.1) is 5.82 Å². The highest BCUT2D eigenvalue weighted by Gasteiger charge is 2.46. The van der Waals surface area contributed by atoms with Gasteiger partial charge in [-0.1, -0.05) is 40.2 Å². The molecule has 1 fully saturated rings. The maximum atomic E-state index is 14.4. The molecule has 39 heavy (non-hydrogen) atoms. The number of aliphatic hydroxyl groups excluding tert-OH is 3. The van der Waals surface area contributed by atoms with Crippen LogP contribution in [0.2, 0.25) is 10.0 Å². The summed E-state index contributed by atoms with van der Waals surface area (Å²) in [4.78, 5) is 0.668. The highest BCUT2D eigenvalue weighted by Crippen LogP contribution is 2.39. The summed E-state index contributed by atoms with van der Waals surface area (Å²) in [5.74, 6) is -0.481. The number of nitrogens with zero attached hydrogens (tertiary/aromatic N) is 4. The smallest absolute Gasteiger partial charge is 0.136 e. The molecular weight excluding hydrogens is 572 g/mol. The van der Waals surface area contributed by atoms with Crippen molar-refractivity contribution in [3.05, 3.63) is 82.0 Å². The van der Waals surface area contributed by atoms with Crippen LogP contribution in [0.1, 0.15) is 17.3 Å². The van der Waals surface area contributed by atoms with E-state index in [1.165, 1.54) is 23.0 Å². The van der Waals surface area contributed by atoms with E-state index in [0.717, 1.165) is 17.5 Å². The number of aromatic amines is 1. The summed E-state index contributed by atoms with van der Waals surface area (Å²) in [6, 6.07) is 10.1. The van der Waals surface area contributed by atoms with Gasteiger partial charge in [-0.2, -0.15) is 5.10 Å². The highest BCUT2D eigenvalue weighted by molar-refractivity contribution is 7.99. The van der Waals surface area contributed by atoms with E-state index in [1.807, 2.05) is 0 Å². The number of thioether (sulfide) groups is 1. The summed E-state index contributed by atoms with van der Waals surface area (Å²) in [6.07, 6.45) is -0.371. The standard InChI is InChI=1S/C25H24Cl2FN5O5S/c26-18-2-1-17(8-19(18)27)39-25-24(36)22(23(35)21(10-34)38-25)33-9-20(31-32-33)14-5-13(6-15(28)7-14)11-37-12-16-3-4-29-30-16/h1-9,21-25,34-36H,10-12H2,(H,29,30)/t21-,22+,23+,24-,25+/m1/s1. The summed E-state index contributed by atoms with van der Waals surface area (Å²) >= 11 is 13.3. The van der Waals surface area contributed by atoms with Crippen molar-refractivity contribution in [1.29, 1.82) is 0 Å². The lowest BCUT2D eigenvalue weighted by atomic mass is 9.97. The van der Waals surface area contributed by atoms with Crippen molar-refractivity contribution in [2.75, 3.05) is 6.61 Å². The Kier molecular flexibility index (Phi) is 8.84. The van der Waals surface area contributed by atoms with Crippen LogP contribution in [-0.2, 0) is 22.7 Å². The molecule has 0 radical (unpaired) electrons. The molecule has 14 heteroatoms. The summed E-state index contributed by atoms with van der Waals surface area (Å²) in [7, 11) is 0. The van der Waals surface area contributed by atoms with Crippen LogP contribution in [0.5, 0.6) is 0 Å². The van der Waals surface area contributed by atoms with Crippen molar-refractivity contribution in [3.8, 4) is 11.3 Å². The Morgan fingerprint density at radius 3 is 2.67 bits per heavy atom. The Morgan fingerprint density at radius 1 is 1.08 bits per heavy atom. The zero-order valence-corrected chi connectivity index (χ0v) is 22.5. The molecule has 0 spiro atoms. The fraction of sp³-hybridized carbons (Fsp3) is 0.320. The van der Waals surface area contributed by atoms with E-state index in [9.17, 15) is 19.7 Å². The molecule has 3 heterocycles. The molecule has 1 aliphatic rings. The minimum atomic E-state index is -1.30. The first kappa shape index (κ1) is 28.0. The second-order valence-corrected chi connectivity index (χ2v) is 10.9. The van der Waals surface area contributed by atoms with E-state index in [2.05, 4.69) is 20.5 Å². The van der Waals surface area contributed by atoms with Gasteiger partial charge < -0.3 is 24.8 Å². The molecule has 1 saturated heterocycles. The predicted octanol–water partition coefficient (Wildman–Crippen LogP) is 3.60. The van der Waals surface area contributed by atoms with E-state index in [-0.39, 0.29) is 13.2 Å². The normalized spacial score (nSPS) is 23.3. The van der Waals surface area contributed by atoms with Gasteiger partial charge in [-0.25, -0.2) is 9.07 Å². The second-order valence-electron chi connectivity index (χ2n) is 8.88. The third-order valence-corrected chi connectivity index (χ3v) is 8.03. The monoisotopic (exact) mass is 595 g/mol. The first-order chi connectivity index (χ1) is 18.8. The lowest BCUT2D eigenvalue weighted by Crippen LogP contribution is -2.55. The maximum absolute atomic E-state index is 14.4. The molecule has 1 aliphatic heterocycles. The number of H-pyrrole nitrogens is 1. The molecule has 2 aromatic carbocycles. The Morgan fingerprint density at radius 2 is 1.92 bits per heavy atom. The number of aromatic nitrogens is 5. The van der Waals surface area contributed by atoms with Gasteiger partial charge in [-0.05, 0) is 48.0 Å². The molecule has 0 amide bonds. The van der Waals surface area contributed by atoms with Gasteiger partial charge in [0.1, 0.15) is 41.3 Å². The molecule has 5 rings (SSSR count). The largest absolute Gasteiger partial charge is 0.394 e. The Hall–Kier alpha value is -2.55. The van der Waals surface area contributed by atoms with Crippen LogP contribution in [0.25, 0.3) is 11.3 Å². The summed E-state index contributed by atoms with van der Waals surface area (Å²) in [5.41, 5.74) is 1.19. The van der Waals surface area contributed by atoms with Gasteiger partial charge in [-0.3, -0.25) is 5.10 Å². The van der Waals surface area contributed by atoms with Crippen LogP contribution < -0.4 is 0 Å². The van der Waals surface area contributed by atoms with Crippen LogP contribution in [-0.4, -0.2) is 70.9 Å². The lowest BCUT2D eigenvalue weighted by Gasteiger charge is -2.41. The number of benzene rings is 2. The number of aliphatic hydroxyl groups is 3. The molecule has 2 aromatic heterocycles. The van der Waals surface area contributed by atoms with Gasteiger partial charge in [0.25, 0.3) is 0 Å². The van der Waals surface area contributed by atoms with E-state index in [1.54, 1.807) is 36.5 Å². The topological polar surface area (TPSA) is 139 Å². The van der Waals surface area contributed by atoms with Crippen molar-refractivity contribution >= 4 is 35.0 Å². The number of hydrogen-bond acceptors (Lipinski definition) is 9. The van der Waals surface area contributed by atoms with E-state index in [0.29, 0.717) is 31.8 Å². The summed E-state index contributed by atoms with van der Waals surface area (Å²) < 4.78 is 27.1. The van der Waals surface area contributed by atoms with Gasteiger partial charge in [-0.15, -0.1) is 5.10 Å². The minimum Gasteiger partial charge on any atom is -0.394 e. The molecule has 0 saturated carbocycles. The van der Waals surface area contributed by atoms with Crippen LogP contribution in [0.4, 0.5) is 4.39 Å². The Bertz CT molecular complexity index is 1410. The van der Waals surface area contributed by atoms with Crippen molar-refractivity contribution < 1.29 is 29.2 Å². The molecule has 4 N–H and O–H groups in total. The maximum Gasteiger partial charge on any atom is 0.136 e. The molecule has 0 bridgehead atoms. The first-order valence-corrected chi connectivity index (χ1v) is 13.5. The van der Waals surface area contributed by atoms with Crippen LogP contribution >= 0.6 is 35.0 Å². The molecule has 4 aromatic rings. The number of hydrogen-bond donors (Lipinski definition) is 4. The summed E-state index contributed by atoms with van der Waals surface area (Å²) in [6.45, 7) is -0.0800. The third-order valence-electron chi connectivity index (χ3n) is 6.14. The minimum absolute atomic E-state index is 0.148. The average Bonchev–Trinajstić information content (AvgIpc) is 3.61. The molecular formula is C25H24Cl2FN5O5S. The molecule has 206 valence electrons. The molecule has 0 unspecified atom stereocenters. The van der Waals surface area contributed by atoms with Crippen LogP contribution in [0.15, 0.2) is 59.8 Å². The molecule has 0 aliphatic carbocycles. The Labute approximate surface area is 236 Å². The zero-order chi connectivity index (χ0) is 27.5. The fourth-order valence-electron chi connectivity index (χ4n) is 4.24. The lowest BCUT2D eigenvalue weighted by molar-refractivity contribution is -0.178.